The van der Waals surface area contributed by atoms with Gasteiger partial charge in [-0.3, -0.25) is 14.4 Å². The molecular weight excluding hydrogens is 336 g/mol. The summed E-state index contributed by atoms with van der Waals surface area (Å²) in [6.45, 7) is 4.19. The number of hydrogen-bond donors (Lipinski definition) is 1. The fourth-order valence-electron chi connectivity index (χ4n) is 4.95. The number of amides is 3. The van der Waals surface area contributed by atoms with E-state index in [1.165, 1.54) is 0 Å². The Morgan fingerprint density at radius 3 is 2.58 bits per heavy atom. The van der Waals surface area contributed by atoms with E-state index >= 15 is 0 Å². The summed E-state index contributed by atoms with van der Waals surface area (Å²) >= 11 is 0. The number of morpholine rings is 1. The Balaban J connectivity index is 1.41. The topological polar surface area (TPSA) is 96.2 Å². The standard InChI is InChI=1S/C18H28N4O4/c1-12(23)20-7-8-26-18(9-20)10-21(11-18)17(25)15-6-5-13-3-2-4-14(19)16(24)22(13)15/h13-15H,2-11,19H2,1H3. The van der Waals surface area contributed by atoms with E-state index in [1.54, 1.807) is 21.6 Å². The van der Waals surface area contributed by atoms with Gasteiger partial charge in [0, 0.05) is 19.5 Å². The maximum absolute atomic E-state index is 13.0. The van der Waals surface area contributed by atoms with Crippen LogP contribution in [0, 0.1) is 0 Å². The van der Waals surface area contributed by atoms with Crippen molar-refractivity contribution >= 4 is 17.7 Å². The Kier molecular flexibility index (Phi) is 4.43. The van der Waals surface area contributed by atoms with Crippen LogP contribution in [0.25, 0.3) is 0 Å². The summed E-state index contributed by atoms with van der Waals surface area (Å²) in [5.74, 6) is -0.0281. The van der Waals surface area contributed by atoms with Crippen LogP contribution >= 0.6 is 0 Å². The number of ether oxygens (including phenoxy) is 1. The number of nitrogens with two attached hydrogens (primary N) is 1. The molecule has 4 aliphatic rings. The van der Waals surface area contributed by atoms with Gasteiger partial charge in [-0.2, -0.15) is 0 Å². The lowest BCUT2D eigenvalue weighted by molar-refractivity contribution is -0.196. The summed E-state index contributed by atoms with van der Waals surface area (Å²) in [4.78, 5) is 42.7. The van der Waals surface area contributed by atoms with Crippen molar-refractivity contribution in [2.45, 2.75) is 62.8 Å². The molecule has 8 heteroatoms. The molecule has 1 spiro atoms. The SMILES string of the molecule is CC(=O)N1CCOC2(C1)CN(C(=O)C1CCC3CCCC(N)C(=O)N31)C2. The monoisotopic (exact) mass is 364 g/mol. The Hall–Kier alpha value is -1.67. The lowest BCUT2D eigenvalue weighted by Crippen LogP contribution is -2.73. The number of carbonyl (C=O) groups excluding carboxylic acids is 3. The predicted octanol–water partition coefficient (Wildman–Crippen LogP) is -0.683. The molecule has 4 aliphatic heterocycles. The van der Waals surface area contributed by atoms with Crippen LogP contribution < -0.4 is 5.73 Å². The first-order valence-corrected chi connectivity index (χ1v) is 9.66. The Morgan fingerprint density at radius 2 is 1.85 bits per heavy atom. The van der Waals surface area contributed by atoms with Crippen molar-refractivity contribution in [2.24, 2.45) is 5.73 Å². The smallest absolute Gasteiger partial charge is 0.245 e. The molecule has 3 amide bonds. The molecule has 4 heterocycles. The van der Waals surface area contributed by atoms with Crippen molar-refractivity contribution in [3.8, 4) is 0 Å². The largest absolute Gasteiger partial charge is 0.368 e. The second kappa shape index (κ2) is 6.49. The summed E-state index contributed by atoms with van der Waals surface area (Å²) in [6.07, 6.45) is 4.17. The van der Waals surface area contributed by atoms with E-state index in [-0.39, 0.29) is 29.8 Å². The van der Waals surface area contributed by atoms with Crippen LogP contribution in [0.2, 0.25) is 0 Å². The van der Waals surface area contributed by atoms with Gasteiger partial charge in [0.05, 0.1) is 32.3 Å². The molecule has 0 bridgehead atoms. The molecule has 3 unspecified atom stereocenters. The number of rotatable bonds is 1. The van der Waals surface area contributed by atoms with Crippen molar-refractivity contribution in [3.63, 3.8) is 0 Å². The third kappa shape index (κ3) is 2.89. The van der Waals surface area contributed by atoms with E-state index in [2.05, 4.69) is 0 Å². The minimum absolute atomic E-state index is 0.00382. The second-order valence-electron chi connectivity index (χ2n) is 8.20. The molecule has 4 saturated heterocycles. The second-order valence-corrected chi connectivity index (χ2v) is 8.20. The zero-order chi connectivity index (χ0) is 18.5. The number of nitrogens with zero attached hydrogens (tertiary/aromatic N) is 3. The van der Waals surface area contributed by atoms with Crippen molar-refractivity contribution in [3.05, 3.63) is 0 Å². The van der Waals surface area contributed by atoms with Crippen LogP contribution in [-0.4, -0.2) is 88.9 Å². The Morgan fingerprint density at radius 1 is 1.12 bits per heavy atom. The number of carbonyl (C=O) groups is 3. The Labute approximate surface area is 153 Å². The van der Waals surface area contributed by atoms with Crippen molar-refractivity contribution < 1.29 is 19.1 Å². The quantitative estimate of drug-likeness (QED) is 0.665. The lowest BCUT2D eigenvalue weighted by atomic mass is 9.90. The fraction of sp³-hybridized carbons (Fsp3) is 0.833. The molecule has 0 radical (unpaired) electrons. The fourth-order valence-corrected chi connectivity index (χ4v) is 4.95. The van der Waals surface area contributed by atoms with Gasteiger partial charge < -0.3 is 25.2 Å². The van der Waals surface area contributed by atoms with Gasteiger partial charge in [-0.1, -0.05) is 0 Å². The highest BCUT2D eigenvalue weighted by atomic mass is 16.5. The third-order valence-corrected chi connectivity index (χ3v) is 6.38. The molecule has 2 N–H and O–H groups in total. The molecule has 4 fully saturated rings. The lowest BCUT2D eigenvalue weighted by Gasteiger charge is -2.54. The van der Waals surface area contributed by atoms with Crippen molar-refractivity contribution in [1.29, 1.82) is 0 Å². The first-order chi connectivity index (χ1) is 12.4. The van der Waals surface area contributed by atoms with Gasteiger partial charge in [0.25, 0.3) is 0 Å². The number of likely N-dealkylation sites (tertiary alicyclic amines) is 1. The third-order valence-electron chi connectivity index (χ3n) is 6.38. The summed E-state index contributed by atoms with van der Waals surface area (Å²) < 4.78 is 5.90. The normalized spacial score (nSPS) is 33.7. The van der Waals surface area contributed by atoms with Crippen LogP contribution in [0.3, 0.4) is 0 Å². The average molecular weight is 364 g/mol. The summed E-state index contributed by atoms with van der Waals surface area (Å²) in [5, 5.41) is 0. The molecule has 0 saturated carbocycles. The van der Waals surface area contributed by atoms with E-state index in [1.807, 2.05) is 0 Å². The highest BCUT2D eigenvalue weighted by Gasteiger charge is 2.53. The van der Waals surface area contributed by atoms with Crippen LogP contribution in [0.15, 0.2) is 0 Å². The summed E-state index contributed by atoms with van der Waals surface area (Å²) in [7, 11) is 0. The number of hydrogen-bond acceptors (Lipinski definition) is 5. The molecule has 3 atom stereocenters. The van der Waals surface area contributed by atoms with Gasteiger partial charge in [-0.05, 0) is 32.1 Å². The molecular formula is C18H28N4O4. The van der Waals surface area contributed by atoms with Crippen LogP contribution in [-0.2, 0) is 19.1 Å². The minimum Gasteiger partial charge on any atom is -0.368 e. The molecule has 4 rings (SSSR count). The zero-order valence-electron chi connectivity index (χ0n) is 15.4. The average Bonchev–Trinajstić information content (AvgIpc) is 2.96. The molecule has 0 aromatic carbocycles. The number of fused-ring (bicyclic) bond motifs is 1. The van der Waals surface area contributed by atoms with Gasteiger partial charge >= 0.3 is 0 Å². The van der Waals surface area contributed by atoms with Crippen LogP contribution in [0.1, 0.15) is 39.0 Å². The predicted molar refractivity (Wildman–Crippen MR) is 93.0 cm³/mol. The highest BCUT2D eigenvalue weighted by molar-refractivity contribution is 5.91. The van der Waals surface area contributed by atoms with Gasteiger partial charge in [0.2, 0.25) is 17.7 Å². The summed E-state index contributed by atoms with van der Waals surface area (Å²) in [6, 6.07) is -0.720. The zero-order valence-corrected chi connectivity index (χ0v) is 15.4. The van der Waals surface area contributed by atoms with Gasteiger partial charge in [0.15, 0.2) is 0 Å². The molecule has 26 heavy (non-hydrogen) atoms. The summed E-state index contributed by atoms with van der Waals surface area (Å²) in [5.41, 5.74) is 5.57. The maximum atomic E-state index is 13.0. The maximum Gasteiger partial charge on any atom is 0.245 e. The van der Waals surface area contributed by atoms with E-state index in [9.17, 15) is 14.4 Å². The van der Waals surface area contributed by atoms with E-state index in [0.29, 0.717) is 45.6 Å². The van der Waals surface area contributed by atoms with Crippen LogP contribution in [0.5, 0.6) is 0 Å². The Bertz CT molecular complexity index is 618. The van der Waals surface area contributed by atoms with Crippen molar-refractivity contribution in [1.82, 2.24) is 14.7 Å². The first-order valence-electron chi connectivity index (χ1n) is 9.66. The highest BCUT2D eigenvalue weighted by Crippen LogP contribution is 2.35. The molecule has 144 valence electrons. The molecule has 0 aromatic rings. The van der Waals surface area contributed by atoms with Gasteiger partial charge in [-0.15, -0.1) is 0 Å². The van der Waals surface area contributed by atoms with E-state index in [0.717, 1.165) is 19.3 Å². The van der Waals surface area contributed by atoms with Gasteiger partial charge in [0.1, 0.15) is 11.6 Å². The minimum atomic E-state index is -0.484. The molecule has 8 nitrogen and oxygen atoms in total. The van der Waals surface area contributed by atoms with Gasteiger partial charge in [-0.25, -0.2) is 0 Å². The molecule has 0 aliphatic carbocycles. The van der Waals surface area contributed by atoms with Crippen molar-refractivity contribution in [2.75, 3.05) is 32.8 Å². The molecule has 0 aromatic heterocycles. The van der Waals surface area contributed by atoms with Crippen LogP contribution in [0.4, 0.5) is 0 Å². The first kappa shape index (κ1) is 17.7. The van der Waals surface area contributed by atoms with E-state index in [4.69, 9.17) is 10.5 Å². The van der Waals surface area contributed by atoms with E-state index < -0.39 is 11.6 Å².